The van der Waals surface area contributed by atoms with Crippen LogP contribution >= 0.6 is 11.3 Å². The lowest BCUT2D eigenvalue weighted by molar-refractivity contribution is -0.121. The lowest BCUT2D eigenvalue weighted by Gasteiger charge is -2.01. The molecule has 0 aliphatic heterocycles. The van der Waals surface area contributed by atoms with Gasteiger partial charge in [0.2, 0.25) is 5.91 Å². The molecule has 4 heteroatoms. The molecule has 1 fully saturated rings. The van der Waals surface area contributed by atoms with Crippen LogP contribution in [0.3, 0.4) is 0 Å². The Balaban J connectivity index is 1.77. The molecule has 1 aliphatic carbocycles. The van der Waals surface area contributed by atoms with Gasteiger partial charge in [0.05, 0.1) is 10.7 Å². The van der Waals surface area contributed by atoms with Gasteiger partial charge in [0.1, 0.15) is 0 Å². The SMILES string of the molecule is CC(C)c1csc(CCC(=O)NC2CC2)n1. The van der Waals surface area contributed by atoms with E-state index in [1.54, 1.807) is 11.3 Å². The summed E-state index contributed by atoms with van der Waals surface area (Å²) in [4.78, 5) is 16.0. The van der Waals surface area contributed by atoms with Crippen LogP contribution in [0.15, 0.2) is 5.38 Å². The minimum Gasteiger partial charge on any atom is -0.353 e. The van der Waals surface area contributed by atoms with Crippen molar-refractivity contribution in [3.63, 3.8) is 0 Å². The van der Waals surface area contributed by atoms with E-state index in [0.29, 0.717) is 18.4 Å². The Bertz CT molecular complexity index is 369. The molecule has 0 saturated heterocycles. The predicted molar refractivity (Wildman–Crippen MR) is 65.7 cm³/mol. The van der Waals surface area contributed by atoms with Gasteiger partial charge in [0.25, 0.3) is 0 Å². The molecule has 0 aromatic carbocycles. The molecule has 1 heterocycles. The van der Waals surface area contributed by atoms with Crippen molar-refractivity contribution in [3.05, 3.63) is 16.1 Å². The summed E-state index contributed by atoms with van der Waals surface area (Å²) in [6.45, 7) is 4.28. The summed E-state index contributed by atoms with van der Waals surface area (Å²) in [5.74, 6) is 0.647. The molecule has 1 aromatic rings. The molecular weight excluding hydrogens is 220 g/mol. The van der Waals surface area contributed by atoms with Crippen LogP contribution in [0.1, 0.15) is 49.7 Å². The lowest BCUT2D eigenvalue weighted by atomic mass is 10.2. The third-order valence-electron chi connectivity index (χ3n) is 2.67. The summed E-state index contributed by atoms with van der Waals surface area (Å²) in [6.07, 6.45) is 3.65. The number of rotatable bonds is 5. The smallest absolute Gasteiger partial charge is 0.220 e. The number of carbonyl (C=O) groups excluding carboxylic acids is 1. The van der Waals surface area contributed by atoms with Crippen LogP contribution in [-0.2, 0) is 11.2 Å². The number of amides is 1. The van der Waals surface area contributed by atoms with Gasteiger partial charge in [0, 0.05) is 24.3 Å². The molecule has 88 valence electrons. The van der Waals surface area contributed by atoms with Crippen LogP contribution in [0.2, 0.25) is 0 Å². The number of carbonyl (C=O) groups is 1. The zero-order valence-corrected chi connectivity index (χ0v) is 10.6. The highest BCUT2D eigenvalue weighted by Crippen LogP contribution is 2.20. The first-order chi connectivity index (χ1) is 7.65. The van der Waals surface area contributed by atoms with Crippen molar-refractivity contribution >= 4 is 17.2 Å². The molecule has 3 nitrogen and oxygen atoms in total. The summed E-state index contributed by atoms with van der Waals surface area (Å²) in [5, 5.41) is 6.17. The van der Waals surface area contributed by atoms with Gasteiger partial charge in [-0.1, -0.05) is 13.8 Å². The largest absolute Gasteiger partial charge is 0.353 e. The summed E-state index contributed by atoms with van der Waals surface area (Å²) in [7, 11) is 0. The molecule has 0 bridgehead atoms. The molecule has 1 aliphatic rings. The zero-order chi connectivity index (χ0) is 11.5. The average molecular weight is 238 g/mol. The van der Waals surface area contributed by atoms with Crippen molar-refractivity contribution in [2.24, 2.45) is 0 Å². The molecule has 0 spiro atoms. The molecule has 16 heavy (non-hydrogen) atoms. The second-order valence-electron chi connectivity index (χ2n) is 4.66. The molecule has 0 atom stereocenters. The van der Waals surface area contributed by atoms with Crippen LogP contribution in [0.25, 0.3) is 0 Å². The van der Waals surface area contributed by atoms with E-state index in [1.807, 2.05) is 0 Å². The highest BCUT2D eigenvalue weighted by Gasteiger charge is 2.22. The van der Waals surface area contributed by atoms with E-state index in [-0.39, 0.29) is 5.91 Å². The van der Waals surface area contributed by atoms with Crippen LogP contribution in [-0.4, -0.2) is 16.9 Å². The van der Waals surface area contributed by atoms with Crippen LogP contribution in [0.5, 0.6) is 0 Å². The third kappa shape index (κ3) is 3.30. The summed E-state index contributed by atoms with van der Waals surface area (Å²) < 4.78 is 0. The standard InChI is InChI=1S/C12H18N2OS/c1-8(2)10-7-16-12(14-10)6-5-11(15)13-9-3-4-9/h7-9H,3-6H2,1-2H3,(H,13,15). The van der Waals surface area contributed by atoms with Crippen molar-refractivity contribution in [1.82, 2.24) is 10.3 Å². The van der Waals surface area contributed by atoms with E-state index in [9.17, 15) is 4.79 Å². The summed E-state index contributed by atoms with van der Waals surface area (Å²) in [5.41, 5.74) is 1.14. The quantitative estimate of drug-likeness (QED) is 0.856. The fourth-order valence-corrected chi connectivity index (χ4v) is 2.41. The molecule has 0 radical (unpaired) electrons. The van der Waals surface area contributed by atoms with Gasteiger partial charge >= 0.3 is 0 Å². The monoisotopic (exact) mass is 238 g/mol. The van der Waals surface area contributed by atoms with Gasteiger partial charge < -0.3 is 5.32 Å². The van der Waals surface area contributed by atoms with E-state index < -0.39 is 0 Å². The van der Waals surface area contributed by atoms with Crippen molar-refractivity contribution in [3.8, 4) is 0 Å². The van der Waals surface area contributed by atoms with Gasteiger partial charge in [0.15, 0.2) is 0 Å². The van der Waals surface area contributed by atoms with E-state index in [0.717, 1.165) is 30.0 Å². The number of hydrogen-bond donors (Lipinski definition) is 1. The number of aromatic nitrogens is 1. The van der Waals surface area contributed by atoms with E-state index >= 15 is 0 Å². The Kier molecular flexibility index (Phi) is 3.59. The molecule has 1 aromatic heterocycles. The first-order valence-electron chi connectivity index (χ1n) is 5.89. The second kappa shape index (κ2) is 4.95. The Morgan fingerprint density at radius 2 is 2.38 bits per heavy atom. The Hall–Kier alpha value is -0.900. The third-order valence-corrected chi connectivity index (χ3v) is 3.60. The number of hydrogen-bond acceptors (Lipinski definition) is 3. The number of nitrogens with one attached hydrogen (secondary N) is 1. The molecular formula is C12H18N2OS. The number of thiazole rings is 1. The van der Waals surface area contributed by atoms with Gasteiger partial charge in [-0.3, -0.25) is 4.79 Å². The van der Waals surface area contributed by atoms with Crippen molar-refractivity contribution in [2.45, 2.75) is 51.5 Å². The van der Waals surface area contributed by atoms with Crippen molar-refractivity contribution < 1.29 is 4.79 Å². The van der Waals surface area contributed by atoms with Gasteiger partial charge in [-0.2, -0.15) is 0 Å². The van der Waals surface area contributed by atoms with Crippen molar-refractivity contribution in [2.75, 3.05) is 0 Å². The average Bonchev–Trinajstić information content (AvgIpc) is 2.91. The van der Waals surface area contributed by atoms with Gasteiger partial charge in [-0.25, -0.2) is 4.98 Å². The summed E-state index contributed by atoms with van der Waals surface area (Å²) >= 11 is 1.66. The second-order valence-corrected chi connectivity index (χ2v) is 5.61. The van der Waals surface area contributed by atoms with Crippen LogP contribution < -0.4 is 5.32 Å². The predicted octanol–water partition coefficient (Wildman–Crippen LogP) is 2.48. The minimum absolute atomic E-state index is 0.170. The number of aryl methyl sites for hydroxylation is 1. The highest BCUT2D eigenvalue weighted by atomic mass is 32.1. The Morgan fingerprint density at radius 1 is 1.62 bits per heavy atom. The maximum atomic E-state index is 11.5. The molecule has 2 rings (SSSR count). The van der Waals surface area contributed by atoms with E-state index in [4.69, 9.17) is 0 Å². The maximum absolute atomic E-state index is 11.5. The molecule has 0 unspecified atom stereocenters. The maximum Gasteiger partial charge on any atom is 0.220 e. The normalized spacial score (nSPS) is 15.4. The first-order valence-corrected chi connectivity index (χ1v) is 6.77. The molecule has 1 N–H and O–H groups in total. The van der Waals surface area contributed by atoms with Crippen molar-refractivity contribution in [1.29, 1.82) is 0 Å². The Labute approximate surface area is 100 Å². The summed E-state index contributed by atoms with van der Waals surface area (Å²) in [6, 6.07) is 0.468. The lowest BCUT2D eigenvalue weighted by Crippen LogP contribution is -2.25. The van der Waals surface area contributed by atoms with Crippen LogP contribution in [0, 0.1) is 0 Å². The van der Waals surface area contributed by atoms with E-state index in [1.165, 1.54) is 0 Å². The fourth-order valence-electron chi connectivity index (χ4n) is 1.45. The number of nitrogens with zero attached hydrogens (tertiary/aromatic N) is 1. The highest BCUT2D eigenvalue weighted by molar-refractivity contribution is 7.09. The molecule has 1 saturated carbocycles. The zero-order valence-electron chi connectivity index (χ0n) is 9.82. The van der Waals surface area contributed by atoms with Gasteiger partial charge in [-0.05, 0) is 18.8 Å². The van der Waals surface area contributed by atoms with E-state index in [2.05, 4.69) is 29.5 Å². The van der Waals surface area contributed by atoms with Crippen LogP contribution in [0.4, 0.5) is 0 Å². The fraction of sp³-hybridized carbons (Fsp3) is 0.667. The topological polar surface area (TPSA) is 42.0 Å². The minimum atomic E-state index is 0.170. The van der Waals surface area contributed by atoms with Gasteiger partial charge in [-0.15, -0.1) is 11.3 Å². The first kappa shape index (κ1) is 11.6. The molecule has 1 amide bonds. The Morgan fingerprint density at radius 3 is 2.94 bits per heavy atom.